The van der Waals surface area contributed by atoms with Crippen molar-refractivity contribution < 1.29 is 31.9 Å². The first-order chi connectivity index (χ1) is 13.6. The molecular formula is C17H10F5N5O2. The number of aromatic nitrogens is 3. The number of rotatable bonds is 3. The van der Waals surface area contributed by atoms with Crippen LogP contribution in [0.25, 0.3) is 11.3 Å². The molecule has 1 amide bonds. The highest BCUT2D eigenvalue weighted by molar-refractivity contribution is 6.07. The van der Waals surface area contributed by atoms with Crippen molar-refractivity contribution in [1.29, 1.82) is 0 Å². The van der Waals surface area contributed by atoms with E-state index < -0.39 is 57.8 Å². The third kappa shape index (κ3) is 3.90. The summed E-state index contributed by atoms with van der Waals surface area (Å²) in [6.07, 6.45) is -3.07. The second kappa shape index (κ2) is 7.30. The number of nitrogen functional groups attached to an aromatic ring is 1. The average Bonchev–Trinajstić information content (AvgIpc) is 2.63. The van der Waals surface area contributed by atoms with Gasteiger partial charge in [-0.1, -0.05) is 6.07 Å². The zero-order chi connectivity index (χ0) is 21.3. The minimum Gasteiger partial charge on any atom is -0.492 e. The largest absolute Gasteiger partial charge is 0.492 e. The number of anilines is 2. The number of nitrogens with zero attached hydrogens (tertiary/aromatic N) is 3. The number of aromatic hydroxyl groups is 1. The predicted octanol–water partition coefficient (Wildman–Crippen LogP) is 3.38. The number of halogens is 5. The number of hydrogen-bond acceptors (Lipinski definition) is 6. The van der Waals surface area contributed by atoms with Crippen molar-refractivity contribution in [3.63, 3.8) is 0 Å². The van der Waals surface area contributed by atoms with Crippen LogP contribution in [0.4, 0.5) is 33.3 Å². The van der Waals surface area contributed by atoms with E-state index in [2.05, 4.69) is 20.3 Å². The molecule has 3 rings (SSSR count). The molecule has 0 aliphatic carbocycles. The lowest BCUT2D eigenvalue weighted by atomic mass is 10.0. The fraction of sp³-hybridized carbons (Fsp3) is 0.0588. The van der Waals surface area contributed by atoms with Crippen molar-refractivity contribution >= 4 is 17.3 Å². The monoisotopic (exact) mass is 411 g/mol. The summed E-state index contributed by atoms with van der Waals surface area (Å²) >= 11 is 0. The van der Waals surface area contributed by atoms with Crippen LogP contribution >= 0.6 is 0 Å². The number of hydrogen-bond donors (Lipinski definition) is 3. The number of benzene rings is 1. The van der Waals surface area contributed by atoms with Crippen LogP contribution in [0.5, 0.6) is 5.88 Å². The van der Waals surface area contributed by atoms with Gasteiger partial charge in [-0.05, 0) is 18.2 Å². The molecule has 150 valence electrons. The first-order valence-corrected chi connectivity index (χ1v) is 7.72. The highest BCUT2D eigenvalue weighted by Gasteiger charge is 2.37. The number of carbonyl (C=O) groups excluding carboxylic acids is 1. The molecular weight excluding hydrogens is 401 g/mol. The minimum absolute atomic E-state index is 0.280. The molecule has 4 N–H and O–H groups in total. The quantitative estimate of drug-likeness (QED) is 0.570. The minimum atomic E-state index is -5.06. The molecule has 0 saturated carbocycles. The Morgan fingerprint density at radius 3 is 2.41 bits per heavy atom. The molecule has 0 aliphatic rings. The van der Waals surface area contributed by atoms with Gasteiger partial charge in [-0.3, -0.25) is 4.79 Å². The summed E-state index contributed by atoms with van der Waals surface area (Å²) in [6.45, 7) is 0. The summed E-state index contributed by atoms with van der Waals surface area (Å²) < 4.78 is 68.5. The third-order valence-corrected chi connectivity index (χ3v) is 3.71. The maximum Gasteiger partial charge on any atom is 0.418 e. The fourth-order valence-corrected chi connectivity index (χ4v) is 2.43. The Kier molecular flexibility index (Phi) is 5.01. The van der Waals surface area contributed by atoms with E-state index in [-0.39, 0.29) is 5.69 Å². The van der Waals surface area contributed by atoms with E-state index in [9.17, 15) is 31.9 Å². The molecule has 0 radical (unpaired) electrons. The molecule has 0 fully saturated rings. The number of carbonyl (C=O) groups is 1. The van der Waals surface area contributed by atoms with Crippen molar-refractivity contribution in [3.8, 4) is 17.1 Å². The van der Waals surface area contributed by atoms with E-state index in [0.29, 0.717) is 6.07 Å². The Bertz CT molecular complexity index is 1080. The highest BCUT2D eigenvalue weighted by Crippen LogP contribution is 2.39. The summed E-state index contributed by atoms with van der Waals surface area (Å²) in [5.41, 5.74) is 0.0477. The molecule has 0 atom stereocenters. The zero-order valence-electron chi connectivity index (χ0n) is 14.1. The van der Waals surface area contributed by atoms with Crippen molar-refractivity contribution in [2.24, 2.45) is 0 Å². The van der Waals surface area contributed by atoms with E-state index in [1.807, 2.05) is 0 Å². The normalized spacial score (nSPS) is 11.3. The second-order valence-electron chi connectivity index (χ2n) is 5.63. The molecule has 29 heavy (non-hydrogen) atoms. The SMILES string of the molecule is Nc1cc(C(F)(F)F)c(-c2c(F)cccc2F)nc1C(=O)Nc1cncnc1O. The Morgan fingerprint density at radius 2 is 1.83 bits per heavy atom. The summed E-state index contributed by atoms with van der Waals surface area (Å²) in [4.78, 5) is 22.9. The molecule has 12 heteroatoms. The fourth-order valence-electron chi connectivity index (χ4n) is 2.43. The van der Waals surface area contributed by atoms with Crippen LogP contribution in [-0.4, -0.2) is 26.0 Å². The van der Waals surface area contributed by atoms with Gasteiger partial charge < -0.3 is 16.2 Å². The number of nitrogens with two attached hydrogens (primary N) is 1. The smallest absolute Gasteiger partial charge is 0.418 e. The van der Waals surface area contributed by atoms with Crippen LogP contribution in [0.1, 0.15) is 16.1 Å². The zero-order valence-corrected chi connectivity index (χ0v) is 14.1. The van der Waals surface area contributed by atoms with Gasteiger partial charge in [0.15, 0.2) is 5.69 Å². The average molecular weight is 411 g/mol. The topological polar surface area (TPSA) is 114 Å². The Balaban J connectivity index is 2.18. The molecule has 2 aromatic heterocycles. The van der Waals surface area contributed by atoms with E-state index >= 15 is 0 Å². The molecule has 2 heterocycles. The summed E-state index contributed by atoms with van der Waals surface area (Å²) in [6, 6.07) is 2.81. The Labute approximate surface area is 159 Å². The summed E-state index contributed by atoms with van der Waals surface area (Å²) in [5.74, 6) is -4.40. The number of amides is 1. The van der Waals surface area contributed by atoms with Gasteiger partial charge in [-0.2, -0.15) is 13.2 Å². The van der Waals surface area contributed by atoms with Gasteiger partial charge >= 0.3 is 6.18 Å². The molecule has 0 bridgehead atoms. The second-order valence-corrected chi connectivity index (χ2v) is 5.63. The molecule has 0 saturated heterocycles. The van der Waals surface area contributed by atoms with Gasteiger partial charge in [-0.15, -0.1) is 0 Å². The molecule has 7 nitrogen and oxygen atoms in total. The lowest BCUT2D eigenvalue weighted by Crippen LogP contribution is -2.19. The van der Waals surface area contributed by atoms with E-state index in [0.717, 1.165) is 30.7 Å². The lowest BCUT2D eigenvalue weighted by Gasteiger charge is -2.16. The van der Waals surface area contributed by atoms with Crippen LogP contribution in [0, 0.1) is 11.6 Å². The van der Waals surface area contributed by atoms with Gasteiger partial charge in [0, 0.05) is 0 Å². The highest BCUT2D eigenvalue weighted by atomic mass is 19.4. The van der Waals surface area contributed by atoms with E-state index in [1.165, 1.54) is 0 Å². The summed E-state index contributed by atoms with van der Waals surface area (Å²) in [7, 11) is 0. The molecule has 3 aromatic rings. The third-order valence-electron chi connectivity index (χ3n) is 3.71. The molecule has 1 aromatic carbocycles. The van der Waals surface area contributed by atoms with Crippen molar-refractivity contribution in [2.45, 2.75) is 6.18 Å². The Hall–Kier alpha value is -3.83. The van der Waals surface area contributed by atoms with E-state index in [1.54, 1.807) is 0 Å². The van der Waals surface area contributed by atoms with Crippen LogP contribution in [0.3, 0.4) is 0 Å². The van der Waals surface area contributed by atoms with Crippen LogP contribution in [0.2, 0.25) is 0 Å². The van der Waals surface area contributed by atoms with Crippen molar-refractivity contribution in [3.05, 3.63) is 59.7 Å². The predicted molar refractivity (Wildman–Crippen MR) is 90.7 cm³/mol. The Morgan fingerprint density at radius 1 is 1.17 bits per heavy atom. The number of pyridine rings is 1. The standard InChI is InChI=1S/C17H10F5N5O2/c18-8-2-1-3-9(19)12(8)13-7(17(20,21)22)4-10(23)14(27-13)16(29)26-11-5-24-6-25-15(11)28/h1-6H,23H2,(H,26,29)(H,24,25,28). The lowest BCUT2D eigenvalue weighted by molar-refractivity contribution is -0.137. The maximum atomic E-state index is 14.1. The molecule has 0 aliphatic heterocycles. The number of nitrogens with one attached hydrogen (secondary N) is 1. The van der Waals surface area contributed by atoms with Gasteiger partial charge in [0.05, 0.1) is 28.7 Å². The van der Waals surface area contributed by atoms with Crippen molar-refractivity contribution in [2.75, 3.05) is 11.1 Å². The van der Waals surface area contributed by atoms with Gasteiger partial charge in [0.25, 0.3) is 5.91 Å². The first-order valence-electron chi connectivity index (χ1n) is 7.72. The van der Waals surface area contributed by atoms with Gasteiger partial charge in [0.2, 0.25) is 5.88 Å². The van der Waals surface area contributed by atoms with Crippen LogP contribution in [-0.2, 0) is 6.18 Å². The van der Waals surface area contributed by atoms with Gasteiger partial charge in [-0.25, -0.2) is 23.7 Å². The first kappa shape index (κ1) is 19.9. The van der Waals surface area contributed by atoms with Crippen LogP contribution < -0.4 is 11.1 Å². The van der Waals surface area contributed by atoms with Crippen molar-refractivity contribution in [1.82, 2.24) is 15.0 Å². The molecule has 0 spiro atoms. The maximum absolute atomic E-state index is 14.1. The van der Waals surface area contributed by atoms with E-state index in [4.69, 9.17) is 5.73 Å². The van der Waals surface area contributed by atoms with Crippen LogP contribution in [0.15, 0.2) is 36.8 Å². The number of alkyl halides is 3. The molecule has 0 unspecified atom stereocenters. The summed E-state index contributed by atoms with van der Waals surface area (Å²) in [5, 5.41) is 11.7. The van der Waals surface area contributed by atoms with Gasteiger partial charge in [0.1, 0.15) is 23.6 Å².